The number of esters is 3. The Morgan fingerprint density at radius 2 is 0.569 bits per heavy atom. The number of carbonyl (C=O) groups is 3. The first-order valence-corrected chi connectivity index (χ1v) is 28.8. The number of hydrogen-bond donors (Lipinski definition) is 0. The highest BCUT2D eigenvalue weighted by Gasteiger charge is 2.19. The topological polar surface area (TPSA) is 78.9 Å². The number of rotatable bonds is 53. The molecule has 0 N–H and O–H groups in total. The van der Waals surface area contributed by atoms with Crippen LogP contribution < -0.4 is 0 Å². The normalized spacial score (nSPS) is 12.1. The molecule has 382 valence electrons. The summed E-state index contributed by atoms with van der Waals surface area (Å²) in [6.45, 7) is 6.64. The summed E-state index contributed by atoms with van der Waals surface area (Å²) in [5.74, 6) is -0.863. The fourth-order valence-electron chi connectivity index (χ4n) is 8.58. The fraction of sp³-hybridized carbons (Fsp3) is 0.881. The second-order valence-electron chi connectivity index (χ2n) is 19.6. The van der Waals surface area contributed by atoms with Gasteiger partial charge in [-0.2, -0.15) is 0 Å². The summed E-state index contributed by atoms with van der Waals surface area (Å²) in [5, 5.41) is 0. The van der Waals surface area contributed by atoms with Crippen molar-refractivity contribution in [1.82, 2.24) is 0 Å². The van der Waals surface area contributed by atoms with Crippen molar-refractivity contribution in [1.29, 1.82) is 0 Å². The summed E-state index contributed by atoms with van der Waals surface area (Å²) >= 11 is 0. The molecule has 0 saturated carbocycles. The highest BCUT2D eigenvalue weighted by Crippen LogP contribution is 2.17. The number of allylic oxidation sites excluding steroid dienone is 4. The molecule has 1 atom stereocenters. The molecule has 6 nitrogen and oxygen atoms in total. The predicted molar refractivity (Wildman–Crippen MR) is 279 cm³/mol. The standard InChI is InChI=1S/C59H110O6/c1-4-7-10-13-16-19-22-25-28-30-32-34-37-40-43-46-49-52-58(61)64-55-56(54-63-57(60)51-48-45-42-39-36-33-27-24-21-18-15-12-9-6-3)65-59(62)53-50-47-44-41-38-35-31-29-26-23-20-17-14-11-8-5-2/h15,18,24,27,56H,4-14,16-17,19-23,25-26,28-55H2,1-3H3/b18-15-,27-24-. The van der Waals surface area contributed by atoms with Crippen molar-refractivity contribution in [2.75, 3.05) is 13.2 Å². The minimum absolute atomic E-state index is 0.0701. The van der Waals surface area contributed by atoms with Crippen molar-refractivity contribution in [3.63, 3.8) is 0 Å². The molecule has 0 spiro atoms. The first-order valence-electron chi connectivity index (χ1n) is 28.8. The van der Waals surface area contributed by atoms with Crippen molar-refractivity contribution < 1.29 is 28.6 Å². The van der Waals surface area contributed by atoms with E-state index in [0.717, 1.165) is 77.0 Å². The summed E-state index contributed by atoms with van der Waals surface area (Å²) in [6.07, 6.45) is 63.1. The predicted octanol–water partition coefficient (Wildman–Crippen LogP) is 19.1. The van der Waals surface area contributed by atoms with Crippen molar-refractivity contribution in [3.8, 4) is 0 Å². The quantitative estimate of drug-likeness (QED) is 0.0262. The zero-order valence-electron chi connectivity index (χ0n) is 43.8. The van der Waals surface area contributed by atoms with Gasteiger partial charge in [0.2, 0.25) is 0 Å². The van der Waals surface area contributed by atoms with Gasteiger partial charge in [0.25, 0.3) is 0 Å². The van der Waals surface area contributed by atoms with E-state index in [-0.39, 0.29) is 31.1 Å². The lowest BCUT2D eigenvalue weighted by Gasteiger charge is -2.18. The van der Waals surface area contributed by atoms with Crippen molar-refractivity contribution in [3.05, 3.63) is 24.3 Å². The van der Waals surface area contributed by atoms with Crippen LogP contribution in [0.5, 0.6) is 0 Å². The van der Waals surface area contributed by atoms with E-state index in [2.05, 4.69) is 45.1 Å². The van der Waals surface area contributed by atoms with Crippen LogP contribution in [-0.2, 0) is 28.6 Å². The smallest absolute Gasteiger partial charge is 0.306 e. The third-order valence-electron chi connectivity index (χ3n) is 13.0. The molecule has 65 heavy (non-hydrogen) atoms. The van der Waals surface area contributed by atoms with E-state index in [1.807, 2.05) is 0 Å². The number of ether oxygens (including phenoxy) is 3. The van der Waals surface area contributed by atoms with Gasteiger partial charge in [-0.05, 0) is 44.9 Å². The SMILES string of the molecule is CCCC/C=C\C/C=C\CCCCCCCC(=O)OCC(COC(=O)CCCCCCCCCCCCCCCCCCC)OC(=O)CCCCCCCCCCCCCCCCCC. The van der Waals surface area contributed by atoms with E-state index in [4.69, 9.17) is 14.2 Å². The summed E-state index contributed by atoms with van der Waals surface area (Å²) in [6, 6.07) is 0. The monoisotopic (exact) mass is 915 g/mol. The minimum atomic E-state index is -0.771. The van der Waals surface area contributed by atoms with E-state index < -0.39 is 6.10 Å². The molecular formula is C59H110O6. The van der Waals surface area contributed by atoms with Gasteiger partial charge in [-0.15, -0.1) is 0 Å². The van der Waals surface area contributed by atoms with Crippen molar-refractivity contribution >= 4 is 17.9 Å². The van der Waals surface area contributed by atoms with Crippen LogP contribution in [0.4, 0.5) is 0 Å². The molecule has 0 rings (SSSR count). The highest BCUT2D eigenvalue weighted by atomic mass is 16.6. The maximum Gasteiger partial charge on any atom is 0.306 e. The zero-order valence-corrected chi connectivity index (χ0v) is 43.8. The molecule has 0 saturated heterocycles. The molecule has 1 unspecified atom stereocenters. The van der Waals surface area contributed by atoms with Gasteiger partial charge >= 0.3 is 17.9 Å². The average Bonchev–Trinajstić information content (AvgIpc) is 3.30. The van der Waals surface area contributed by atoms with Crippen LogP contribution in [0.1, 0.15) is 316 Å². The zero-order chi connectivity index (χ0) is 47.2. The third-order valence-corrected chi connectivity index (χ3v) is 13.0. The third kappa shape index (κ3) is 52.7. The second-order valence-corrected chi connectivity index (χ2v) is 19.6. The molecule has 0 aromatic rings. The van der Waals surface area contributed by atoms with Gasteiger partial charge in [-0.25, -0.2) is 0 Å². The van der Waals surface area contributed by atoms with Crippen LogP contribution in [0.2, 0.25) is 0 Å². The van der Waals surface area contributed by atoms with Gasteiger partial charge in [-0.1, -0.05) is 276 Å². The maximum atomic E-state index is 12.8. The Morgan fingerprint density at radius 1 is 0.308 bits per heavy atom. The Kier molecular flexibility index (Phi) is 52.7. The molecule has 0 radical (unpaired) electrons. The second kappa shape index (κ2) is 54.5. The lowest BCUT2D eigenvalue weighted by atomic mass is 10.0. The molecule has 0 aliphatic rings. The largest absolute Gasteiger partial charge is 0.462 e. The molecule has 0 aromatic carbocycles. The van der Waals surface area contributed by atoms with Crippen LogP contribution in [-0.4, -0.2) is 37.2 Å². The first kappa shape index (κ1) is 62.9. The first-order chi connectivity index (χ1) is 32.0. The van der Waals surface area contributed by atoms with Crippen LogP contribution >= 0.6 is 0 Å². The minimum Gasteiger partial charge on any atom is -0.462 e. The van der Waals surface area contributed by atoms with Gasteiger partial charge in [0.15, 0.2) is 6.10 Å². The average molecular weight is 916 g/mol. The fourth-order valence-corrected chi connectivity index (χ4v) is 8.58. The Balaban J connectivity index is 4.33. The maximum absolute atomic E-state index is 12.8. The number of carbonyl (C=O) groups excluding carboxylic acids is 3. The van der Waals surface area contributed by atoms with Gasteiger partial charge in [0.05, 0.1) is 0 Å². The van der Waals surface area contributed by atoms with Crippen molar-refractivity contribution in [2.24, 2.45) is 0 Å². The van der Waals surface area contributed by atoms with E-state index in [1.165, 1.54) is 199 Å². The molecule has 0 aromatic heterocycles. The van der Waals surface area contributed by atoms with Gasteiger partial charge in [0, 0.05) is 19.3 Å². The van der Waals surface area contributed by atoms with Crippen LogP contribution in [0.15, 0.2) is 24.3 Å². The molecule has 0 aliphatic carbocycles. The number of unbranched alkanes of at least 4 members (excludes halogenated alkanes) is 38. The van der Waals surface area contributed by atoms with Crippen LogP contribution in [0.25, 0.3) is 0 Å². The summed E-state index contributed by atoms with van der Waals surface area (Å²) in [5.41, 5.74) is 0. The summed E-state index contributed by atoms with van der Waals surface area (Å²) in [7, 11) is 0. The molecule has 0 amide bonds. The van der Waals surface area contributed by atoms with Gasteiger partial charge < -0.3 is 14.2 Å². The van der Waals surface area contributed by atoms with Crippen molar-refractivity contribution in [2.45, 2.75) is 322 Å². The van der Waals surface area contributed by atoms with Crippen LogP contribution in [0.3, 0.4) is 0 Å². The summed E-state index contributed by atoms with van der Waals surface area (Å²) in [4.78, 5) is 38.1. The molecule has 6 heteroatoms. The Bertz CT molecular complexity index is 1050. The lowest BCUT2D eigenvalue weighted by molar-refractivity contribution is -0.167. The van der Waals surface area contributed by atoms with E-state index >= 15 is 0 Å². The Morgan fingerprint density at radius 3 is 0.892 bits per heavy atom. The van der Waals surface area contributed by atoms with Crippen LogP contribution in [0, 0.1) is 0 Å². The van der Waals surface area contributed by atoms with E-state index in [1.54, 1.807) is 0 Å². The lowest BCUT2D eigenvalue weighted by Crippen LogP contribution is -2.30. The Labute approximate surface area is 404 Å². The molecule has 0 heterocycles. The summed E-state index contributed by atoms with van der Waals surface area (Å²) < 4.78 is 16.9. The molecular weight excluding hydrogens is 805 g/mol. The van der Waals surface area contributed by atoms with Gasteiger partial charge in [-0.3, -0.25) is 14.4 Å². The highest BCUT2D eigenvalue weighted by molar-refractivity contribution is 5.71. The Hall–Kier alpha value is -2.11. The van der Waals surface area contributed by atoms with Gasteiger partial charge in [0.1, 0.15) is 13.2 Å². The van der Waals surface area contributed by atoms with E-state index in [9.17, 15) is 14.4 Å². The molecule has 0 aliphatic heterocycles. The number of hydrogen-bond acceptors (Lipinski definition) is 6. The molecule has 0 bridgehead atoms. The molecule has 0 fully saturated rings. The van der Waals surface area contributed by atoms with E-state index in [0.29, 0.717) is 19.3 Å².